The minimum atomic E-state index is -0.575. The van der Waals surface area contributed by atoms with Gasteiger partial charge in [-0.3, -0.25) is 14.5 Å². The third kappa shape index (κ3) is 5.55. The molecule has 1 rings (SSSR count). The van der Waals surface area contributed by atoms with Gasteiger partial charge in [0.25, 0.3) is 0 Å². The number of rotatable bonds is 7. The Morgan fingerprint density at radius 2 is 2.09 bits per heavy atom. The Labute approximate surface area is 147 Å². The summed E-state index contributed by atoms with van der Waals surface area (Å²) in [7, 11) is 5.16. The number of carbonyl (C=O) groups excluding carboxylic acids is 2. The molecule has 0 aromatic rings. The Hall–Kier alpha value is -0.440. The summed E-state index contributed by atoms with van der Waals surface area (Å²) >= 11 is 3.24. The topological polar surface area (TPSA) is 70.7 Å². The van der Waals surface area contributed by atoms with Crippen molar-refractivity contribution in [1.29, 1.82) is 0 Å². The molecular formula is C15H29N3O3S2. The highest BCUT2D eigenvalue weighted by atomic mass is 32.2. The zero-order chi connectivity index (χ0) is 17.8. The molecule has 0 aromatic heterocycles. The van der Waals surface area contributed by atoms with Gasteiger partial charge in [-0.05, 0) is 34.7 Å². The second-order valence-electron chi connectivity index (χ2n) is 6.47. The maximum absolute atomic E-state index is 12.6. The molecule has 0 saturated carbocycles. The SMILES string of the molecule is CNC(=O)C(CSC(C)(C)OC)NC(=O)[C@@H]1CSC(C)(C)N1C. The fourth-order valence-corrected chi connectivity index (χ4v) is 4.28. The van der Waals surface area contributed by atoms with Crippen molar-refractivity contribution < 1.29 is 14.3 Å². The number of methoxy groups -OCH3 is 1. The van der Waals surface area contributed by atoms with E-state index in [0.29, 0.717) is 5.75 Å². The first-order valence-corrected chi connectivity index (χ1v) is 9.59. The van der Waals surface area contributed by atoms with Crippen molar-refractivity contribution in [3.63, 3.8) is 0 Å². The number of ether oxygens (including phenoxy) is 1. The second-order valence-corrected chi connectivity index (χ2v) is 9.70. The average Bonchev–Trinajstić information content (AvgIpc) is 2.76. The van der Waals surface area contributed by atoms with Gasteiger partial charge in [0.1, 0.15) is 11.0 Å². The molecule has 0 bridgehead atoms. The van der Waals surface area contributed by atoms with E-state index in [1.54, 1.807) is 25.9 Å². The van der Waals surface area contributed by atoms with Gasteiger partial charge in [0.15, 0.2) is 0 Å². The first-order valence-electron chi connectivity index (χ1n) is 7.62. The molecule has 1 aliphatic rings. The predicted molar refractivity (Wildman–Crippen MR) is 97.6 cm³/mol. The van der Waals surface area contributed by atoms with Crippen LogP contribution in [0, 0.1) is 0 Å². The van der Waals surface area contributed by atoms with Crippen LogP contribution in [0.4, 0.5) is 0 Å². The number of hydrogen-bond acceptors (Lipinski definition) is 6. The first kappa shape index (κ1) is 20.6. The summed E-state index contributed by atoms with van der Waals surface area (Å²) in [6.07, 6.45) is 0. The van der Waals surface area contributed by atoms with E-state index in [-0.39, 0.29) is 22.7 Å². The fourth-order valence-electron chi connectivity index (χ4n) is 2.09. The molecule has 2 amide bonds. The van der Waals surface area contributed by atoms with Gasteiger partial charge in [0, 0.05) is 25.7 Å². The number of hydrogen-bond donors (Lipinski definition) is 2. The standard InChI is InChI=1S/C15H29N3O3S2/c1-14(2)18(6)11(9-22-14)13(20)17-10(12(19)16-5)8-23-15(3,4)21-7/h10-11H,8-9H2,1-7H3,(H,16,19)(H,17,20)/t10?,11-/m0/s1. The van der Waals surface area contributed by atoms with Crippen molar-refractivity contribution in [3.8, 4) is 0 Å². The van der Waals surface area contributed by atoms with E-state index in [0.717, 1.165) is 5.75 Å². The molecule has 1 fully saturated rings. The predicted octanol–water partition coefficient (Wildman–Crippen LogP) is 1.12. The van der Waals surface area contributed by atoms with Gasteiger partial charge in [-0.15, -0.1) is 23.5 Å². The van der Waals surface area contributed by atoms with Crippen molar-refractivity contribution in [2.75, 3.05) is 32.7 Å². The van der Waals surface area contributed by atoms with Crippen molar-refractivity contribution in [2.45, 2.75) is 49.6 Å². The van der Waals surface area contributed by atoms with Gasteiger partial charge in [-0.1, -0.05) is 0 Å². The number of nitrogens with zero attached hydrogens (tertiary/aromatic N) is 1. The lowest BCUT2D eigenvalue weighted by Gasteiger charge is -2.31. The van der Waals surface area contributed by atoms with Crippen LogP contribution in [0.3, 0.4) is 0 Å². The van der Waals surface area contributed by atoms with E-state index in [1.165, 1.54) is 11.8 Å². The zero-order valence-corrected chi connectivity index (χ0v) is 16.7. The lowest BCUT2D eigenvalue weighted by molar-refractivity contribution is -0.130. The number of thioether (sulfide) groups is 2. The quantitative estimate of drug-likeness (QED) is 0.661. The molecule has 6 nitrogen and oxygen atoms in total. The normalized spacial score (nSPS) is 22.7. The van der Waals surface area contributed by atoms with Crippen molar-refractivity contribution in [3.05, 3.63) is 0 Å². The van der Waals surface area contributed by atoms with E-state index in [1.807, 2.05) is 20.9 Å². The Kier molecular flexibility index (Phi) is 7.25. The second kappa shape index (κ2) is 8.09. The van der Waals surface area contributed by atoms with Gasteiger partial charge >= 0.3 is 0 Å². The molecule has 1 aliphatic heterocycles. The fraction of sp³-hybridized carbons (Fsp3) is 0.867. The van der Waals surface area contributed by atoms with Crippen LogP contribution in [0.15, 0.2) is 0 Å². The van der Waals surface area contributed by atoms with Crippen LogP contribution >= 0.6 is 23.5 Å². The summed E-state index contributed by atoms with van der Waals surface area (Å²) in [6, 6.07) is -0.795. The largest absolute Gasteiger partial charge is 0.368 e. The highest BCUT2D eigenvalue weighted by molar-refractivity contribution is 8.01. The van der Waals surface area contributed by atoms with Crippen molar-refractivity contribution >= 4 is 35.3 Å². The number of likely N-dealkylation sites (N-methyl/N-ethyl adjacent to an activating group) is 2. The highest BCUT2D eigenvalue weighted by Crippen LogP contribution is 2.37. The summed E-state index contributed by atoms with van der Waals surface area (Å²) in [5, 5.41) is 5.51. The van der Waals surface area contributed by atoms with E-state index in [4.69, 9.17) is 4.74 Å². The smallest absolute Gasteiger partial charge is 0.243 e. The van der Waals surface area contributed by atoms with Crippen molar-refractivity contribution in [2.24, 2.45) is 0 Å². The van der Waals surface area contributed by atoms with Crippen LogP contribution in [0.1, 0.15) is 27.7 Å². The van der Waals surface area contributed by atoms with E-state index >= 15 is 0 Å². The summed E-state index contributed by atoms with van der Waals surface area (Å²) in [4.78, 5) is 26.2. The number of carbonyl (C=O) groups is 2. The van der Waals surface area contributed by atoms with Gasteiger partial charge in [-0.2, -0.15) is 0 Å². The van der Waals surface area contributed by atoms with E-state index in [9.17, 15) is 9.59 Å². The van der Waals surface area contributed by atoms with Crippen LogP contribution in [0.25, 0.3) is 0 Å². The van der Waals surface area contributed by atoms with Crippen LogP contribution in [-0.4, -0.2) is 71.3 Å². The van der Waals surface area contributed by atoms with Gasteiger partial charge < -0.3 is 15.4 Å². The summed E-state index contributed by atoms with van der Waals surface area (Å²) in [6.45, 7) is 8.06. The lowest BCUT2D eigenvalue weighted by Crippen LogP contribution is -2.54. The maximum Gasteiger partial charge on any atom is 0.243 e. The minimum Gasteiger partial charge on any atom is -0.368 e. The third-order valence-electron chi connectivity index (χ3n) is 4.18. The monoisotopic (exact) mass is 363 g/mol. The Balaban J connectivity index is 2.70. The molecule has 2 atom stereocenters. The molecule has 1 heterocycles. The van der Waals surface area contributed by atoms with Gasteiger partial charge in [0.2, 0.25) is 11.8 Å². The Morgan fingerprint density at radius 3 is 2.52 bits per heavy atom. The summed E-state index contributed by atoms with van der Waals surface area (Å²) < 4.78 is 5.36. The van der Waals surface area contributed by atoms with Crippen LogP contribution in [0.5, 0.6) is 0 Å². The number of nitrogens with one attached hydrogen (secondary N) is 2. The molecule has 1 saturated heterocycles. The molecule has 0 aliphatic carbocycles. The molecule has 0 aromatic carbocycles. The molecule has 23 heavy (non-hydrogen) atoms. The summed E-state index contributed by atoms with van der Waals surface area (Å²) in [5.41, 5.74) is 0. The number of amides is 2. The highest BCUT2D eigenvalue weighted by Gasteiger charge is 2.41. The Morgan fingerprint density at radius 1 is 1.48 bits per heavy atom. The molecule has 2 N–H and O–H groups in total. The molecular weight excluding hydrogens is 334 g/mol. The van der Waals surface area contributed by atoms with Crippen LogP contribution < -0.4 is 10.6 Å². The van der Waals surface area contributed by atoms with E-state index < -0.39 is 11.0 Å². The molecule has 0 radical (unpaired) electrons. The van der Waals surface area contributed by atoms with E-state index in [2.05, 4.69) is 29.4 Å². The first-order chi connectivity index (χ1) is 10.5. The van der Waals surface area contributed by atoms with Crippen LogP contribution in [-0.2, 0) is 14.3 Å². The summed E-state index contributed by atoms with van der Waals surface area (Å²) in [5.74, 6) is 0.895. The molecule has 1 unspecified atom stereocenters. The minimum absolute atomic E-state index is 0.0721. The lowest BCUT2D eigenvalue weighted by atomic mass is 10.2. The third-order valence-corrected chi connectivity index (χ3v) is 7.02. The zero-order valence-electron chi connectivity index (χ0n) is 15.1. The molecule has 0 spiro atoms. The molecule has 134 valence electrons. The molecule has 8 heteroatoms. The maximum atomic E-state index is 12.6. The van der Waals surface area contributed by atoms with Gasteiger partial charge in [0.05, 0.1) is 10.9 Å². The van der Waals surface area contributed by atoms with Gasteiger partial charge in [-0.25, -0.2) is 0 Å². The van der Waals surface area contributed by atoms with Crippen molar-refractivity contribution in [1.82, 2.24) is 15.5 Å². The Bertz CT molecular complexity index is 444. The average molecular weight is 364 g/mol. The van der Waals surface area contributed by atoms with Crippen LogP contribution in [0.2, 0.25) is 0 Å².